The summed E-state index contributed by atoms with van der Waals surface area (Å²) in [6.45, 7) is 4.00. The van der Waals surface area contributed by atoms with Gasteiger partial charge in [-0.2, -0.15) is 12.6 Å². The highest BCUT2D eigenvalue weighted by molar-refractivity contribution is 7.80. The Balaban J connectivity index is 0.000000671. The number of aldehydes is 1. The van der Waals surface area contributed by atoms with Gasteiger partial charge in [0.1, 0.15) is 6.29 Å². The molecule has 0 bridgehead atoms. The zero-order chi connectivity index (χ0) is 10.3. The third-order valence-corrected chi connectivity index (χ3v) is 2.19. The topological polar surface area (TPSA) is 17.1 Å². The van der Waals surface area contributed by atoms with E-state index < -0.39 is 0 Å². The molecule has 0 aliphatic heterocycles. The summed E-state index contributed by atoms with van der Waals surface area (Å²) in [6, 6.07) is 5.34. The molecule has 1 rings (SSSR count). The molecule has 0 amide bonds. The Hall–Kier alpha value is -0.410. The van der Waals surface area contributed by atoms with Crippen LogP contribution in [-0.2, 0) is 5.75 Å². The minimum atomic E-state index is 0.612. The van der Waals surface area contributed by atoms with Gasteiger partial charge in [0.25, 0.3) is 0 Å². The van der Waals surface area contributed by atoms with E-state index in [1.807, 2.05) is 13.8 Å². The van der Waals surface area contributed by atoms with Crippen molar-refractivity contribution in [2.24, 2.45) is 0 Å². The summed E-state index contributed by atoms with van der Waals surface area (Å²) in [5, 5.41) is 0. The number of hydrogen-bond acceptors (Lipinski definition) is 3. The van der Waals surface area contributed by atoms with Crippen LogP contribution in [0.4, 0.5) is 0 Å². The van der Waals surface area contributed by atoms with Gasteiger partial charge in [-0.25, -0.2) is 0 Å². The van der Waals surface area contributed by atoms with Crippen LogP contribution in [0.2, 0.25) is 0 Å². The van der Waals surface area contributed by atoms with Gasteiger partial charge in [-0.05, 0) is 17.7 Å². The predicted molar refractivity (Wildman–Crippen MR) is 63.1 cm³/mol. The van der Waals surface area contributed by atoms with Crippen molar-refractivity contribution < 1.29 is 4.79 Å². The SMILES string of the molecule is CC.O=Cc1ccc(S)c(CS)c1. The number of thiol groups is 2. The maximum atomic E-state index is 10.3. The van der Waals surface area contributed by atoms with Crippen LogP contribution in [0, 0.1) is 0 Å². The van der Waals surface area contributed by atoms with Crippen LogP contribution in [0.15, 0.2) is 23.1 Å². The van der Waals surface area contributed by atoms with Crippen LogP contribution in [0.3, 0.4) is 0 Å². The van der Waals surface area contributed by atoms with E-state index in [-0.39, 0.29) is 0 Å². The molecule has 0 atom stereocenters. The molecule has 0 spiro atoms. The Morgan fingerprint density at radius 2 is 2.00 bits per heavy atom. The summed E-state index contributed by atoms with van der Waals surface area (Å²) in [6.07, 6.45) is 0.820. The van der Waals surface area contributed by atoms with Crippen LogP contribution >= 0.6 is 25.3 Å². The van der Waals surface area contributed by atoms with Gasteiger partial charge < -0.3 is 0 Å². The van der Waals surface area contributed by atoms with Crippen molar-refractivity contribution in [2.45, 2.75) is 24.5 Å². The van der Waals surface area contributed by atoms with Crippen LogP contribution in [0.5, 0.6) is 0 Å². The van der Waals surface area contributed by atoms with Gasteiger partial charge in [0, 0.05) is 16.2 Å². The molecule has 0 heterocycles. The molecule has 0 radical (unpaired) electrons. The Kier molecular flexibility index (Phi) is 6.82. The Labute approximate surface area is 90.4 Å². The molecule has 0 saturated heterocycles. The average molecular weight is 214 g/mol. The van der Waals surface area contributed by atoms with E-state index in [0.717, 1.165) is 16.7 Å². The van der Waals surface area contributed by atoms with Gasteiger partial charge in [-0.1, -0.05) is 19.9 Å². The number of benzene rings is 1. The number of carbonyl (C=O) groups is 1. The fourth-order valence-corrected chi connectivity index (χ4v) is 1.41. The molecule has 0 aliphatic carbocycles. The van der Waals surface area contributed by atoms with Crippen LogP contribution in [0.1, 0.15) is 29.8 Å². The second-order valence-corrected chi connectivity index (χ2v) is 2.96. The van der Waals surface area contributed by atoms with E-state index in [0.29, 0.717) is 11.3 Å². The van der Waals surface area contributed by atoms with Crippen molar-refractivity contribution in [1.29, 1.82) is 0 Å². The lowest BCUT2D eigenvalue weighted by Crippen LogP contribution is -1.85. The van der Waals surface area contributed by atoms with E-state index in [2.05, 4.69) is 25.3 Å². The highest BCUT2D eigenvalue weighted by Crippen LogP contribution is 2.16. The summed E-state index contributed by atoms with van der Waals surface area (Å²) in [4.78, 5) is 11.2. The van der Waals surface area contributed by atoms with Gasteiger partial charge in [-0.3, -0.25) is 4.79 Å². The molecule has 0 fully saturated rings. The van der Waals surface area contributed by atoms with Crippen molar-refractivity contribution in [2.75, 3.05) is 0 Å². The Morgan fingerprint density at radius 3 is 2.46 bits per heavy atom. The van der Waals surface area contributed by atoms with Crippen molar-refractivity contribution in [3.05, 3.63) is 29.3 Å². The highest BCUT2D eigenvalue weighted by Gasteiger charge is 1.97. The monoisotopic (exact) mass is 214 g/mol. The van der Waals surface area contributed by atoms with Gasteiger partial charge in [-0.15, -0.1) is 12.6 Å². The van der Waals surface area contributed by atoms with E-state index in [1.165, 1.54) is 0 Å². The summed E-state index contributed by atoms with van der Waals surface area (Å²) < 4.78 is 0. The maximum absolute atomic E-state index is 10.3. The molecule has 3 heteroatoms. The first-order valence-corrected chi connectivity index (χ1v) is 5.24. The first-order chi connectivity index (χ1) is 6.27. The first-order valence-electron chi connectivity index (χ1n) is 4.16. The van der Waals surface area contributed by atoms with Crippen molar-refractivity contribution in [3.63, 3.8) is 0 Å². The number of hydrogen-bond donors (Lipinski definition) is 2. The van der Waals surface area contributed by atoms with Gasteiger partial charge in [0.15, 0.2) is 0 Å². The number of rotatable bonds is 2. The lowest BCUT2D eigenvalue weighted by atomic mass is 10.1. The molecule has 72 valence electrons. The average Bonchev–Trinajstić information content (AvgIpc) is 2.22. The zero-order valence-electron chi connectivity index (χ0n) is 7.82. The summed E-state index contributed by atoms with van der Waals surface area (Å²) >= 11 is 8.30. The summed E-state index contributed by atoms with van der Waals surface area (Å²) in [5.41, 5.74) is 1.66. The van der Waals surface area contributed by atoms with Gasteiger partial charge in [0.05, 0.1) is 0 Å². The molecular weight excluding hydrogens is 200 g/mol. The fraction of sp³-hybridized carbons (Fsp3) is 0.300. The first kappa shape index (κ1) is 12.6. The summed E-state index contributed by atoms with van der Waals surface area (Å²) in [5.74, 6) is 0.612. The number of carbonyl (C=O) groups excluding carboxylic acids is 1. The molecule has 0 unspecified atom stereocenters. The minimum Gasteiger partial charge on any atom is -0.298 e. The smallest absolute Gasteiger partial charge is 0.150 e. The predicted octanol–water partition coefficient (Wildman–Crippen LogP) is 3.24. The quantitative estimate of drug-likeness (QED) is 0.571. The molecule has 0 aromatic heterocycles. The van der Waals surface area contributed by atoms with Crippen molar-refractivity contribution >= 4 is 31.5 Å². The highest BCUT2D eigenvalue weighted by atomic mass is 32.1. The van der Waals surface area contributed by atoms with Crippen molar-refractivity contribution in [3.8, 4) is 0 Å². The van der Waals surface area contributed by atoms with E-state index in [1.54, 1.807) is 18.2 Å². The van der Waals surface area contributed by atoms with E-state index in [9.17, 15) is 4.79 Å². The van der Waals surface area contributed by atoms with Crippen molar-refractivity contribution in [1.82, 2.24) is 0 Å². The molecule has 0 aliphatic rings. The maximum Gasteiger partial charge on any atom is 0.150 e. The van der Waals surface area contributed by atoms with Gasteiger partial charge in [0.2, 0.25) is 0 Å². The second-order valence-electron chi connectivity index (χ2n) is 2.16. The Morgan fingerprint density at radius 1 is 1.38 bits per heavy atom. The zero-order valence-corrected chi connectivity index (χ0v) is 9.61. The fourth-order valence-electron chi connectivity index (χ4n) is 0.805. The minimum absolute atomic E-state index is 0.612. The summed E-state index contributed by atoms with van der Waals surface area (Å²) in [7, 11) is 0. The van der Waals surface area contributed by atoms with E-state index >= 15 is 0 Å². The molecule has 13 heavy (non-hydrogen) atoms. The van der Waals surface area contributed by atoms with Crippen LogP contribution < -0.4 is 0 Å². The molecule has 0 saturated carbocycles. The standard InChI is InChI=1S/C8H8OS2.C2H6/c9-4-6-1-2-8(11)7(3-6)5-10;1-2/h1-4,10-11H,5H2;1-2H3. The second kappa shape index (κ2) is 7.04. The third kappa shape index (κ3) is 3.87. The Bertz CT molecular complexity index is 272. The molecule has 1 aromatic rings. The third-order valence-electron chi connectivity index (χ3n) is 1.41. The normalized spacial score (nSPS) is 8.62. The molecule has 1 nitrogen and oxygen atoms in total. The van der Waals surface area contributed by atoms with Crippen LogP contribution in [0.25, 0.3) is 0 Å². The van der Waals surface area contributed by atoms with Crippen LogP contribution in [-0.4, -0.2) is 6.29 Å². The molecule has 1 aromatic carbocycles. The lowest BCUT2D eigenvalue weighted by Gasteiger charge is -2.00. The van der Waals surface area contributed by atoms with E-state index in [4.69, 9.17) is 0 Å². The largest absolute Gasteiger partial charge is 0.298 e. The molecular formula is C10H14OS2. The molecule has 0 N–H and O–H groups in total. The van der Waals surface area contributed by atoms with Gasteiger partial charge >= 0.3 is 0 Å². The lowest BCUT2D eigenvalue weighted by molar-refractivity contribution is 0.112.